The highest BCUT2D eigenvalue weighted by atomic mass is 16.5. The number of ketones is 1. The quantitative estimate of drug-likeness (QED) is 0.328. The van der Waals surface area contributed by atoms with Gasteiger partial charge in [0.05, 0.1) is 36.8 Å². The van der Waals surface area contributed by atoms with E-state index in [1.165, 1.54) is 0 Å². The zero-order chi connectivity index (χ0) is 24.1. The van der Waals surface area contributed by atoms with Crippen LogP contribution in [0.5, 0.6) is 17.2 Å². The molecule has 4 aromatic rings. The third-order valence-corrected chi connectivity index (χ3v) is 5.52. The van der Waals surface area contributed by atoms with Crippen LogP contribution in [0, 0.1) is 0 Å². The van der Waals surface area contributed by atoms with E-state index in [-0.39, 0.29) is 16.8 Å². The third-order valence-electron chi connectivity index (χ3n) is 5.52. The summed E-state index contributed by atoms with van der Waals surface area (Å²) in [6, 6.07) is 19.9. The fraction of sp³-hybridized carbons (Fsp3) is 0.214. The van der Waals surface area contributed by atoms with E-state index in [0.29, 0.717) is 42.2 Å². The molecule has 0 atom stereocenters. The summed E-state index contributed by atoms with van der Waals surface area (Å²) in [4.78, 5) is 26.8. The molecule has 0 aliphatic rings. The summed E-state index contributed by atoms with van der Waals surface area (Å²) in [6.45, 7) is 5.27. The first kappa shape index (κ1) is 23.1. The van der Waals surface area contributed by atoms with Crippen LogP contribution in [0.3, 0.4) is 0 Å². The van der Waals surface area contributed by atoms with Crippen LogP contribution in [-0.2, 0) is 6.54 Å². The molecule has 6 nitrogen and oxygen atoms in total. The van der Waals surface area contributed by atoms with Gasteiger partial charge >= 0.3 is 0 Å². The normalized spacial score (nSPS) is 10.8. The van der Waals surface area contributed by atoms with Crippen molar-refractivity contribution >= 4 is 16.7 Å². The molecule has 1 heterocycles. The molecule has 0 aliphatic carbocycles. The fourth-order valence-corrected chi connectivity index (χ4v) is 3.92. The molecule has 0 saturated carbocycles. The average molecular weight is 458 g/mol. The van der Waals surface area contributed by atoms with Gasteiger partial charge in [-0.05, 0) is 74.0 Å². The van der Waals surface area contributed by atoms with Crippen molar-refractivity contribution in [2.45, 2.75) is 20.4 Å². The van der Waals surface area contributed by atoms with Crippen molar-refractivity contribution in [1.29, 1.82) is 0 Å². The predicted molar refractivity (Wildman–Crippen MR) is 133 cm³/mol. The number of fused-ring (bicyclic) bond motifs is 1. The van der Waals surface area contributed by atoms with Crippen LogP contribution in [0.4, 0.5) is 0 Å². The molecule has 174 valence electrons. The van der Waals surface area contributed by atoms with Crippen LogP contribution in [0.25, 0.3) is 10.9 Å². The topological polar surface area (TPSA) is 66.8 Å². The minimum atomic E-state index is -0.337. The predicted octanol–water partition coefficient (Wildman–Crippen LogP) is 5.09. The van der Waals surface area contributed by atoms with Crippen LogP contribution in [0.2, 0.25) is 0 Å². The van der Waals surface area contributed by atoms with Crippen molar-refractivity contribution in [2.24, 2.45) is 0 Å². The minimum Gasteiger partial charge on any atom is -0.497 e. The first-order chi connectivity index (χ1) is 16.5. The molecular formula is C28H27NO5. The highest BCUT2D eigenvalue weighted by Gasteiger charge is 2.18. The molecule has 3 aromatic carbocycles. The Morgan fingerprint density at radius 3 is 2.26 bits per heavy atom. The summed E-state index contributed by atoms with van der Waals surface area (Å²) in [5.41, 5.74) is 1.91. The van der Waals surface area contributed by atoms with Crippen molar-refractivity contribution in [3.8, 4) is 17.2 Å². The van der Waals surface area contributed by atoms with E-state index >= 15 is 0 Å². The van der Waals surface area contributed by atoms with Gasteiger partial charge in [-0.3, -0.25) is 9.59 Å². The number of carbonyl (C=O) groups excluding carboxylic acids is 1. The summed E-state index contributed by atoms with van der Waals surface area (Å²) < 4.78 is 18.3. The molecule has 0 amide bonds. The molecule has 4 rings (SSSR count). The largest absolute Gasteiger partial charge is 0.497 e. The van der Waals surface area contributed by atoms with Gasteiger partial charge in [0.2, 0.25) is 5.43 Å². The summed E-state index contributed by atoms with van der Waals surface area (Å²) in [6.07, 6.45) is 1.64. The zero-order valence-electron chi connectivity index (χ0n) is 19.5. The highest BCUT2D eigenvalue weighted by molar-refractivity contribution is 6.10. The number of rotatable bonds is 9. The number of benzene rings is 3. The van der Waals surface area contributed by atoms with Gasteiger partial charge < -0.3 is 18.8 Å². The van der Waals surface area contributed by atoms with E-state index in [2.05, 4.69) is 0 Å². The van der Waals surface area contributed by atoms with Gasteiger partial charge in [-0.25, -0.2) is 0 Å². The minimum absolute atomic E-state index is 0.105. The molecule has 1 aromatic heterocycles. The van der Waals surface area contributed by atoms with Gasteiger partial charge in [0.15, 0.2) is 5.78 Å². The number of hydrogen-bond acceptors (Lipinski definition) is 5. The maximum absolute atomic E-state index is 13.4. The van der Waals surface area contributed by atoms with Crippen molar-refractivity contribution in [2.75, 3.05) is 20.3 Å². The number of aromatic nitrogens is 1. The standard InChI is InChI=1S/C28H27NO5/c1-4-33-21-11-9-20(10-12-21)27(30)25-18-29(17-19-7-6-8-22(15-19)32-3)26-14-13-23(34-5-2)16-24(26)28(25)31/h6-16,18H,4-5,17H2,1-3H3. The number of nitrogens with zero attached hydrogens (tertiary/aromatic N) is 1. The van der Waals surface area contributed by atoms with Gasteiger partial charge in [0.25, 0.3) is 0 Å². The molecule has 0 bridgehead atoms. The summed E-state index contributed by atoms with van der Waals surface area (Å²) in [5.74, 6) is 1.67. The Hall–Kier alpha value is -4.06. The molecule has 0 radical (unpaired) electrons. The second kappa shape index (κ2) is 10.3. The number of carbonyl (C=O) groups is 1. The summed E-state index contributed by atoms with van der Waals surface area (Å²) in [5, 5.41) is 0.436. The van der Waals surface area contributed by atoms with E-state index in [0.717, 1.165) is 16.8 Å². The van der Waals surface area contributed by atoms with Crippen LogP contribution in [0.1, 0.15) is 35.3 Å². The Kier molecular flexibility index (Phi) is 6.97. The number of ether oxygens (including phenoxy) is 3. The van der Waals surface area contributed by atoms with E-state index in [1.54, 1.807) is 43.6 Å². The highest BCUT2D eigenvalue weighted by Crippen LogP contribution is 2.23. The second-order valence-electron chi connectivity index (χ2n) is 7.75. The van der Waals surface area contributed by atoms with Crippen molar-refractivity contribution < 1.29 is 19.0 Å². The van der Waals surface area contributed by atoms with Crippen LogP contribution in [0.15, 0.2) is 77.7 Å². The maximum Gasteiger partial charge on any atom is 0.200 e. The Morgan fingerprint density at radius 1 is 0.853 bits per heavy atom. The molecule has 0 unspecified atom stereocenters. The Bertz CT molecular complexity index is 1370. The molecule has 0 saturated heterocycles. The molecule has 0 fully saturated rings. The van der Waals surface area contributed by atoms with E-state index < -0.39 is 0 Å². The lowest BCUT2D eigenvalue weighted by Crippen LogP contribution is -2.20. The molecule has 0 N–H and O–H groups in total. The van der Waals surface area contributed by atoms with Crippen LogP contribution in [-0.4, -0.2) is 30.7 Å². The smallest absolute Gasteiger partial charge is 0.200 e. The SMILES string of the molecule is CCOc1ccc(C(=O)c2cn(Cc3cccc(OC)c3)c3ccc(OCC)cc3c2=O)cc1. The van der Waals surface area contributed by atoms with Crippen molar-refractivity contribution in [1.82, 2.24) is 4.57 Å². The Morgan fingerprint density at radius 2 is 1.56 bits per heavy atom. The van der Waals surface area contributed by atoms with Gasteiger partial charge in [-0.2, -0.15) is 0 Å². The van der Waals surface area contributed by atoms with Gasteiger partial charge in [-0.15, -0.1) is 0 Å². The zero-order valence-corrected chi connectivity index (χ0v) is 19.5. The Balaban J connectivity index is 1.84. The third kappa shape index (κ3) is 4.81. The first-order valence-corrected chi connectivity index (χ1v) is 11.2. The van der Waals surface area contributed by atoms with Crippen molar-refractivity contribution in [3.63, 3.8) is 0 Å². The average Bonchev–Trinajstić information content (AvgIpc) is 2.86. The molecular weight excluding hydrogens is 430 g/mol. The first-order valence-electron chi connectivity index (χ1n) is 11.2. The maximum atomic E-state index is 13.4. The molecule has 34 heavy (non-hydrogen) atoms. The van der Waals surface area contributed by atoms with E-state index in [4.69, 9.17) is 14.2 Å². The fourth-order valence-electron chi connectivity index (χ4n) is 3.92. The summed E-state index contributed by atoms with van der Waals surface area (Å²) >= 11 is 0. The van der Waals surface area contributed by atoms with Gasteiger partial charge in [0.1, 0.15) is 17.2 Å². The van der Waals surface area contributed by atoms with Crippen LogP contribution >= 0.6 is 0 Å². The lowest BCUT2D eigenvalue weighted by molar-refractivity contribution is 0.103. The monoisotopic (exact) mass is 457 g/mol. The van der Waals surface area contributed by atoms with E-state index in [1.807, 2.05) is 54.8 Å². The summed E-state index contributed by atoms with van der Waals surface area (Å²) in [7, 11) is 1.62. The lowest BCUT2D eigenvalue weighted by atomic mass is 10.0. The molecule has 0 spiro atoms. The van der Waals surface area contributed by atoms with E-state index in [9.17, 15) is 9.59 Å². The lowest BCUT2D eigenvalue weighted by Gasteiger charge is -2.15. The van der Waals surface area contributed by atoms with Gasteiger partial charge in [0, 0.05) is 18.3 Å². The van der Waals surface area contributed by atoms with Crippen molar-refractivity contribution in [3.05, 3.63) is 99.8 Å². The number of pyridine rings is 1. The molecule has 6 heteroatoms. The Labute approximate surface area is 198 Å². The van der Waals surface area contributed by atoms with Gasteiger partial charge in [-0.1, -0.05) is 12.1 Å². The molecule has 0 aliphatic heterocycles. The second-order valence-corrected chi connectivity index (χ2v) is 7.75. The number of hydrogen-bond donors (Lipinski definition) is 0. The van der Waals surface area contributed by atoms with Crippen LogP contribution < -0.4 is 19.6 Å². The number of methoxy groups -OCH3 is 1.